The number of carbonyl (C=O) groups excluding carboxylic acids is 1. The molecule has 0 aliphatic carbocycles. The molecule has 0 aliphatic heterocycles. The molecular formula is C13H20N2O2. The first-order chi connectivity index (χ1) is 8.11. The van der Waals surface area contributed by atoms with Gasteiger partial charge in [0.05, 0.1) is 0 Å². The van der Waals surface area contributed by atoms with Gasteiger partial charge < -0.3 is 15.8 Å². The topological polar surface area (TPSA) is 64.3 Å². The van der Waals surface area contributed by atoms with E-state index < -0.39 is 0 Å². The van der Waals surface area contributed by atoms with Crippen LogP contribution in [-0.4, -0.2) is 25.1 Å². The molecule has 0 saturated carbocycles. The summed E-state index contributed by atoms with van der Waals surface area (Å²) in [6.45, 7) is 4.52. The zero-order valence-electron chi connectivity index (χ0n) is 10.4. The lowest BCUT2D eigenvalue weighted by Gasteiger charge is -2.10. The molecule has 17 heavy (non-hydrogen) atoms. The third-order valence-electron chi connectivity index (χ3n) is 2.18. The van der Waals surface area contributed by atoms with E-state index in [1.165, 1.54) is 5.56 Å². The van der Waals surface area contributed by atoms with Gasteiger partial charge in [-0.25, -0.2) is 0 Å². The predicted octanol–water partition coefficient (Wildman–Crippen LogP) is 1.09. The lowest BCUT2D eigenvalue weighted by Crippen LogP contribution is -2.34. The van der Waals surface area contributed by atoms with Crippen LogP contribution in [0.25, 0.3) is 0 Å². The standard InChI is InChI=1S/C13H20N2O2/c1-10(2)15-13(16)9-17-12-5-3-11(4-6-12)7-8-14/h3-6,10H,7-9,14H2,1-2H3,(H,15,16). The van der Waals surface area contributed by atoms with E-state index in [9.17, 15) is 4.79 Å². The van der Waals surface area contributed by atoms with Crippen molar-refractivity contribution in [3.63, 3.8) is 0 Å². The molecule has 0 bridgehead atoms. The van der Waals surface area contributed by atoms with Gasteiger partial charge in [0.25, 0.3) is 5.91 Å². The largest absolute Gasteiger partial charge is 0.484 e. The molecule has 1 aromatic rings. The molecule has 0 aromatic heterocycles. The second kappa shape index (κ2) is 6.91. The minimum atomic E-state index is -0.106. The summed E-state index contributed by atoms with van der Waals surface area (Å²) in [6.07, 6.45) is 0.855. The molecule has 0 heterocycles. The van der Waals surface area contributed by atoms with Crippen LogP contribution >= 0.6 is 0 Å². The average molecular weight is 236 g/mol. The molecule has 0 radical (unpaired) electrons. The number of amides is 1. The van der Waals surface area contributed by atoms with Crippen molar-refractivity contribution in [3.8, 4) is 5.75 Å². The second-order valence-corrected chi connectivity index (χ2v) is 4.19. The van der Waals surface area contributed by atoms with Gasteiger partial charge in [0, 0.05) is 6.04 Å². The van der Waals surface area contributed by atoms with Crippen molar-refractivity contribution in [2.24, 2.45) is 5.73 Å². The SMILES string of the molecule is CC(C)NC(=O)COc1ccc(CCN)cc1. The lowest BCUT2D eigenvalue weighted by atomic mass is 10.1. The Balaban J connectivity index is 2.39. The van der Waals surface area contributed by atoms with Gasteiger partial charge in [-0.3, -0.25) is 4.79 Å². The number of benzene rings is 1. The zero-order valence-corrected chi connectivity index (χ0v) is 10.4. The molecule has 0 atom stereocenters. The fourth-order valence-electron chi connectivity index (χ4n) is 1.43. The summed E-state index contributed by atoms with van der Waals surface area (Å²) in [4.78, 5) is 11.3. The Morgan fingerprint density at radius 2 is 2.00 bits per heavy atom. The van der Waals surface area contributed by atoms with E-state index in [-0.39, 0.29) is 18.6 Å². The van der Waals surface area contributed by atoms with Crippen LogP contribution in [0.5, 0.6) is 5.75 Å². The highest BCUT2D eigenvalue weighted by Crippen LogP contribution is 2.12. The van der Waals surface area contributed by atoms with Crippen molar-refractivity contribution in [1.82, 2.24) is 5.32 Å². The summed E-state index contributed by atoms with van der Waals surface area (Å²) in [7, 11) is 0. The number of rotatable bonds is 6. The molecule has 4 heteroatoms. The van der Waals surface area contributed by atoms with E-state index in [1.54, 1.807) is 0 Å². The van der Waals surface area contributed by atoms with E-state index in [2.05, 4.69) is 5.32 Å². The third kappa shape index (κ3) is 5.36. The molecule has 0 spiro atoms. The molecule has 1 rings (SSSR count). The Morgan fingerprint density at radius 3 is 2.53 bits per heavy atom. The molecular weight excluding hydrogens is 216 g/mol. The van der Waals surface area contributed by atoms with Gasteiger partial charge >= 0.3 is 0 Å². The molecule has 0 saturated heterocycles. The number of ether oxygens (including phenoxy) is 1. The van der Waals surface area contributed by atoms with Gasteiger partial charge in [-0.05, 0) is 44.5 Å². The number of nitrogens with one attached hydrogen (secondary N) is 1. The van der Waals surface area contributed by atoms with Gasteiger partial charge in [0.2, 0.25) is 0 Å². The van der Waals surface area contributed by atoms with Crippen LogP contribution in [-0.2, 0) is 11.2 Å². The molecule has 1 amide bonds. The predicted molar refractivity (Wildman–Crippen MR) is 68.0 cm³/mol. The Kier molecular flexibility index (Phi) is 5.49. The van der Waals surface area contributed by atoms with Gasteiger partial charge in [-0.15, -0.1) is 0 Å². The summed E-state index contributed by atoms with van der Waals surface area (Å²) in [5, 5.41) is 2.76. The van der Waals surface area contributed by atoms with Crippen LogP contribution in [0.15, 0.2) is 24.3 Å². The summed E-state index contributed by atoms with van der Waals surface area (Å²) in [6, 6.07) is 7.77. The van der Waals surface area contributed by atoms with Crippen LogP contribution in [0.3, 0.4) is 0 Å². The van der Waals surface area contributed by atoms with Gasteiger partial charge in [-0.1, -0.05) is 12.1 Å². The van der Waals surface area contributed by atoms with E-state index in [1.807, 2.05) is 38.1 Å². The highest BCUT2D eigenvalue weighted by atomic mass is 16.5. The molecule has 0 fully saturated rings. The summed E-state index contributed by atoms with van der Waals surface area (Å²) in [5.41, 5.74) is 6.63. The smallest absolute Gasteiger partial charge is 0.258 e. The Morgan fingerprint density at radius 1 is 1.35 bits per heavy atom. The highest BCUT2D eigenvalue weighted by Gasteiger charge is 2.04. The Labute approximate surface area is 102 Å². The van der Waals surface area contributed by atoms with E-state index in [0.29, 0.717) is 12.3 Å². The number of nitrogens with two attached hydrogens (primary N) is 1. The van der Waals surface area contributed by atoms with Crippen molar-refractivity contribution in [3.05, 3.63) is 29.8 Å². The lowest BCUT2D eigenvalue weighted by molar-refractivity contribution is -0.123. The maximum atomic E-state index is 11.3. The molecule has 94 valence electrons. The first kappa shape index (κ1) is 13.5. The fourth-order valence-corrected chi connectivity index (χ4v) is 1.43. The summed E-state index contributed by atoms with van der Waals surface area (Å²) < 4.78 is 5.36. The van der Waals surface area contributed by atoms with E-state index in [0.717, 1.165) is 6.42 Å². The minimum absolute atomic E-state index is 0.0500. The Hall–Kier alpha value is -1.55. The monoisotopic (exact) mass is 236 g/mol. The van der Waals surface area contributed by atoms with Crippen LogP contribution in [0, 0.1) is 0 Å². The minimum Gasteiger partial charge on any atom is -0.484 e. The number of carbonyl (C=O) groups is 1. The molecule has 3 N–H and O–H groups in total. The maximum absolute atomic E-state index is 11.3. The molecule has 0 aliphatic rings. The summed E-state index contributed by atoms with van der Waals surface area (Å²) in [5.74, 6) is 0.593. The third-order valence-corrected chi connectivity index (χ3v) is 2.18. The molecule has 0 unspecified atom stereocenters. The Bertz CT molecular complexity index is 347. The van der Waals surface area contributed by atoms with Crippen molar-refractivity contribution in [1.29, 1.82) is 0 Å². The van der Waals surface area contributed by atoms with Crippen molar-refractivity contribution in [2.45, 2.75) is 26.3 Å². The van der Waals surface area contributed by atoms with Crippen molar-refractivity contribution < 1.29 is 9.53 Å². The quantitative estimate of drug-likeness (QED) is 0.777. The number of hydrogen-bond donors (Lipinski definition) is 2. The first-order valence-electron chi connectivity index (χ1n) is 5.83. The van der Waals surface area contributed by atoms with E-state index in [4.69, 9.17) is 10.5 Å². The average Bonchev–Trinajstić information content (AvgIpc) is 2.28. The normalized spacial score (nSPS) is 10.4. The van der Waals surface area contributed by atoms with Gasteiger partial charge in [0.15, 0.2) is 6.61 Å². The second-order valence-electron chi connectivity index (χ2n) is 4.19. The zero-order chi connectivity index (χ0) is 12.7. The van der Waals surface area contributed by atoms with Crippen LogP contribution in [0.1, 0.15) is 19.4 Å². The van der Waals surface area contributed by atoms with Crippen molar-refractivity contribution in [2.75, 3.05) is 13.2 Å². The first-order valence-corrected chi connectivity index (χ1v) is 5.83. The van der Waals surface area contributed by atoms with Crippen LogP contribution < -0.4 is 15.8 Å². The highest BCUT2D eigenvalue weighted by molar-refractivity contribution is 5.77. The molecule has 1 aromatic carbocycles. The maximum Gasteiger partial charge on any atom is 0.258 e. The van der Waals surface area contributed by atoms with Crippen LogP contribution in [0.4, 0.5) is 0 Å². The van der Waals surface area contributed by atoms with Crippen LogP contribution in [0.2, 0.25) is 0 Å². The fraction of sp³-hybridized carbons (Fsp3) is 0.462. The number of hydrogen-bond acceptors (Lipinski definition) is 3. The molecule has 4 nitrogen and oxygen atoms in total. The van der Waals surface area contributed by atoms with Gasteiger partial charge in [0.1, 0.15) is 5.75 Å². The van der Waals surface area contributed by atoms with E-state index >= 15 is 0 Å². The summed E-state index contributed by atoms with van der Waals surface area (Å²) >= 11 is 0. The van der Waals surface area contributed by atoms with Gasteiger partial charge in [-0.2, -0.15) is 0 Å². The van der Waals surface area contributed by atoms with Crippen molar-refractivity contribution >= 4 is 5.91 Å².